The number of rotatable bonds is 2. The van der Waals surface area contributed by atoms with E-state index in [1.807, 2.05) is 13.8 Å². The number of aromatic nitrogens is 1. The van der Waals surface area contributed by atoms with Crippen LogP contribution in [0.2, 0.25) is 0 Å². The second kappa shape index (κ2) is 2.55. The summed E-state index contributed by atoms with van der Waals surface area (Å²) in [5.41, 5.74) is 7.10. The molecule has 0 amide bonds. The molecule has 0 aromatic carbocycles. The highest BCUT2D eigenvalue weighted by atomic mass is 32.1. The van der Waals surface area contributed by atoms with Crippen molar-refractivity contribution in [1.82, 2.24) is 4.98 Å². The Morgan fingerprint density at radius 2 is 2.15 bits per heavy atom. The first kappa shape index (κ1) is 9.16. The molecule has 1 aromatic rings. The van der Waals surface area contributed by atoms with Crippen LogP contribution in [0.15, 0.2) is 5.38 Å². The quantitative estimate of drug-likeness (QED) is 0.788. The molecule has 72 valence electrons. The van der Waals surface area contributed by atoms with E-state index in [1.54, 1.807) is 11.3 Å². The summed E-state index contributed by atoms with van der Waals surface area (Å²) in [6.45, 7) is 6.28. The van der Waals surface area contributed by atoms with Gasteiger partial charge < -0.3 is 5.73 Å². The molecule has 0 radical (unpaired) electrons. The third kappa shape index (κ3) is 1.63. The van der Waals surface area contributed by atoms with E-state index in [2.05, 4.69) is 17.3 Å². The average molecular weight is 196 g/mol. The van der Waals surface area contributed by atoms with Crippen LogP contribution in [-0.4, -0.2) is 4.98 Å². The standard InChI is InChI=1S/C10H16N2S/c1-9(2,11)7-6-13-8(12-7)10(3)4-5-10/h6H,4-5,11H2,1-3H3. The lowest BCUT2D eigenvalue weighted by Gasteiger charge is -2.14. The molecular formula is C10H16N2S. The molecule has 1 aromatic heterocycles. The summed E-state index contributed by atoms with van der Waals surface area (Å²) in [4.78, 5) is 4.61. The van der Waals surface area contributed by atoms with Crippen LogP contribution in [0.4, 0.5) is 0 Å². The molecule has 3 heteroatoms. The largest absolute Gasteiger partial charge is 0.321 e. The van der Waals surface area contributed by atoms with E-state index in [-0.39, 0.29) is 5.54 Å². The summed E-state index contributed by atoms with van der Waals surface area (Å²) < 4.78 is 0. The number of hydrogen-bond donors (Lipinski definition) is 1. The molecular weight excluding hydrogens is 180 g/mol. The van der Waals surface area contributed by atoms with E-state index in [9.17, 15) is 0 Å². The van der Waals surface area contributed by atoms with Gasteiger partial charge in [-0.2, -0.15) is 0 Å². The summed E-state index contributed by atoms with van der Waals surface area (Å²) in [6.07, 6.45) is 2.57. The van der Waals surface area contributed by atoms with Crippen molar-refractivity contribution in [3.05, 3.63) is 16.1 Å². The first-order valence-corrected chi connectivity index (χ1v) is 5.55. The maximum Gasteiger partial charge on any atom is 0.0988 e. The second-order valence-electron chi connectivity index (χ2n) is 4.82. The van der Waals surface area contributed by atoms with E-state index in [0.717, 1.165) is 5.69 Å². The fourth-order valence-corrected chi connectivity index (χ4v) is 2.47. The Morgan fingerprint density at radius 3 is 2.54 bits per heavy atom. The molecule has 1 heterocycles. The van der Waals surface area contributed by atoms with Gasteiger partial charge in [0.1, 0.15) is 0 Å². The first-order valence-electron chi connectivity index (χ1n) is 4.67. The summed E-state index contributed by atoms with van der Waals surface area (Å²) in [6, 6.07) is 0. The lowest BCUT2D eigenvalue weighted by Crippen LogP contribution is -2.29. The summed E-state index contributed by atoms with van der Waals surface area (Å²) in [5.74, 6) is 0. The second-order valence-corrected chi connectivity index (χ2v) is 5.68. The van der Waals surface area contributed by atoms with Crippen molar-refractivity contribution >= 4 is 11.3 Å². The van der Waals surface area contributed by atoms with Crippen molar-refractivity contribution in [1.29, 1.82) is 0 Å². The van der Waals surface area contributed by atoms with Crippen LogP contribution in [-0.2, 0) is 11.0 Å². The third-order valence-electron chi connectivity index (χ3n) is 2.68. The van der Waals surface area contributed by atoms with Gasteiger partial charge in [0.2, 0.25) is 0 Å². The van der Waals surface area contributed by atoms with Gasteiger partial charge in [0.15, 0.2) is 0 Å². The lowest BCUT2D eigenvalue weighted by molar-refractivity contribution is 0.535. The predicted octanol–water partition coefficient (Wildman–Crippen LogP) is 2.39. The number of thiazole rings is 1. The molecule has 2 nitrogen and oxygen atoms in total. The molecule has 0 unspecified atom stereocenters. The Labute approximate surface area is 83.2 Å². The minimum atomic E-state index is -0.292. The average Bonchev–Trinajstić information content (AvgIpc) is 2.60. The topological polar surface area (TPSA) is 38.9 Å². The zero-order chi connectivity index (χ0) is 9.69. The van der Waals surface area contributed by atoms with Gasteiger partial charge in [-0.1, -0.05) is 6.92 Å². The van der Waals surface area contributed by atoms with Crippen LogP contribution in [0.1, 0.15) is 44.3 Å². The van der Waals surface area contributed by atoms with E-state index in [0.29, 0.717) is 5.41 Å². The normalized spacial score (nSPS) is 20.3. The molecule has 0 atom stereocenters. The van der Waals surface area contributed by atoms with Crippen molar-refractivity contribution in [2.75, 3.05) is 0 Å². The van der Waals surface area contributed by atoms with Gasteiger partial charge in [-0.05, 0) is 26.7 Å². The monoisotopic (exact) mass is 196 g/mol. The zero-order valence-corrected chi connectivity index (χ0v) is 9.24. The molecule has 1 aliphatic carbocycles. The van der Waals surface area contributed by atoms with Gasteiger partial charge in [0, 0.05) is 10.8 Å². The Balaban J connectivity index is 2.29. The van der Waals surface area contributed by atoms with Gasteiger partial charge in [0.25, 0.3) is 0 Å². The Morgan fingerprint density at radius 1 is 1.54 bits per heavy atom. The highest BCUT2D eigenvalue weighted by Crippen LogP contribution is 2.48. The molecule has 2 N–H and O–H groups in total. The van der Waals surface area contributed by atoms with Crippen molar-refractivity contribution in [3.8, 4) is 0 Å². The third-order valence-corrected chi connectivity index (χ3v) is 3.83. The Hall–Kier alpha value is -0.410. The Kier molecular flexibility index (Phi) is 1.79. The molecule has 0 spiro atoms. The molecule has 0 aliphatic heterocycles. The smallest absolute Gasteiger partial charge is 0.0988 e. The SMILES string of the molecule is CC(C)(N)c1csc(C2(C)CC2)n1. The minimum Gasteiger partial charge on any atom is -0.321 e. The van der Waals surface area contributed by atoms with Gasteiger partial charge in [-0.3, -0.25) is 0 Å². The number of nitrogens with zero attached hydrogens (tertiary/aromatic N) is 1. The molecule has 13 heavy (non-hydrogen) atoms. The highest BCUT2D eigenvalue weighted by Gasteiger charge is 2.42. The van der Waals surface area contributed by atoms with E-state index in [1.165, 1.54) is 17.8 Å². The lowest BCUT2D eigenvalue weighted by atomic mass is 10.0. The van der Waals surface area contributed by atoms with Gasteiger partial charge in [-0.25, -0.2) is 4.98 Å². The van der Waals surface area contributed by atoms with Crippen LogP contribution >= 0.6 is 11.3 Å². The van der Waals surface area contributed by atoms with Crippen LogP contribution in [0.3, 0.4) is 0 Å². The zero-order valence-electron chi connectivity index (χ0n) is 8.42. The number of hydrogen-bond acceptors (Lipinski definition) is 3. The molecule has 2 rings (SSSR count). The predicted molar refractivity (Wildman–Crippen MR) is 55.9 cm³/mol. The van der Waals surface area contributed by atoms with E-state index >= 15 is 0 Å². The van der Waals surface area contributed by atoms with Crippen molar-refractivity contribution in [2.24, 2.45) is 5.73 Å². The molecule has 1 aliphatic rings. The maximum absolute atomic E-state index is 5.98. The van der Waals surface area contributed by atoms with Gasteiger partial charge >= 0.3 is 0 Å². The van der Waals surface area contributed by atoms with E-state index < -0.39 is 0 Å². The van der Waals surface area contributed by atoms with Crippen LogP contribution in [0.5, 0.6) is 0 Å². The van der Waals surface area contributed by atoms with Crippen molar-refractivity contribution in [3.63, 3.8) is 0 Å². The summed E-state index contributed by atoms with van der Waals surface area (Å²) in [7, 11) is 0. The maximum atomic E-state index is 5.98. The van der Waals surface area contributed by atoms with E-state index in [4.69, 9.17) is 5.73 Å². The summed E-state index contributed by atoms with van der Waals surface area (Å²) >= 11 is 1.75. The first-order chi connectivity index (χ1) is 5.92. The summed E-state index contributed by atoms with van der Waals surface area (Å²) in [5, 5.41) is 3.36. The molecule has 1 saturated carbocycles. The Bertz CT molecular complexity index is 298. The van der Waals surface area contributed by atoms with Crippen molar-refractivity contribution in [2.45, 2.75) is 44.6 Å². The highest BCUT2D eigenvalue weighted by molar-refractivity contribution is 7.09. The molecule has 0 bridgehead atoms. The molecule has 0 saturated heterocycles. The van der Waals surface area contributed by atoms with Crippen LogP contribution in [0, 0.1) is 0 Å². The fourth-order valence-electron chi connectivity index (χ4n) is 1.25. The van der Waals surface area contributed by atoms with Crippen molar-refractivity contribution < 1.29 is 0 Å². The van der Waals surface area contributed by atoms with Crippen LogP contribution in [0.25, 0.3) is 0 Å². The number of nitrogens with two attached hydrogens (primary N) is 1. The minimum absolute atomic E-state index is 0.292. The fraction of sp³-hybridized carbons (Fsp3) is 0.700. The van der Waals surface area contributed by atoms with Gasteiger partial charge in [-0.15, -0.1) is 11.3 Å². The van der Waals surface area contributed by atoms with Crippen LogP contribution < -0.4 is 5.73 Å². The molecule has 1 fully saturated rings. The van der Waals surface area contributed by atoms with Gasteiger partial charge in [0.05, 0.1) is 16.2 Å².